The predicted octanol–water partition coefficient (Wildman–Crippen LogP) is 1.40. The lowest BCUT2D eigenvalue weighted by Gasteiger charge is -2.37. The van der Waals surface area contributed by atoms with E-state index in [4.69, 9.17) is 4.74 Å². The number of rotatable bonds is 3. The molecule has 2 aromatic rings. The third-order valence-electron chi connectivity index (χ3n) is 2.91. The zero-order valence-electron chi connectivity index (χ0n) is 8.64. The lowest BCUT2D eigenvalue weighted by atomic mass is 9.88. The van der Waals surface area contributed by atoms with Gasteiger partial charge in [0.05, 0.1) is 30.9 Å². The van der Waals surface area contributed by atoms with Gasteiger partial charge < -0.3 is 14.8 Å². The third-order valence-corrected chi connectivity index (χ3v) is 4.00. The Morgan fingerprint density at radius 2 is 2.44 bits per heavy atom. The molecule has 4 nitrogen and oxygen atoms in total. The molecule has 5 heteroatoms. The normalized spacial score (nSPS) is 18.3. The van der Waals surface area contributed by atoms with Crippen LogP contribution in [0.25, 0.3) is 11.3 Å². The van der Waals surface area contributed by atoms with E-state index in [0.717, 1.165) is 16.3 Å². The summed E-state index contributed by atoms with van der Waals surface area (Å²) in [5.41, 5.74) is 1.79. The van der Waals surface area contributed by atoms with Crippen LogP contribution in [-0.4, -0.2) is 34.9 Å². The number of aliphatic hydroxyl groups is 1. The fraction of sp³-hybridized carbons (Fsp3) is 0.364. The number of hydrogen-bond acceptors (Lipinski definition) is 4. The van der Waals surface area contributed by atoms with E-state index in [2.05, 4.69) is 9.97 Å². The van der Waals surface area contributed by atoms with Crippen LogP contribution in [-0.2, 0) is 10.2 Å². The van der Waals surface area contributed by atoms with Gasteiger partial charge in [-0.25, -0.2) is 4.98 Å². The molecule has 2 N–H and O–H groups in total. The molecular weight excluding hydrogens is 224 g/mol. The topological polar surface area (TPSA) is 58.1 Å². The SMILES string of the molecule is OCC1(c2nc(-c3cc[nH]c3)cs2)COC1. The molecule has 2 aromatic heterocycles. The Balaban J connectivity index is 1.93. The molecular formula is C11H12N2O2S. The van der Waals surface area contributed by atoms with Gasteiger partial charge in [-0.05, 0) is 6.07 Å². The predicted molar refractivity (Wildman–Crippen MR) is 61.5 cm³/mol. The average Bonchev–Trinajstić information content (AvgIpc) is 2.86. The Bertz CT molecular complexity index is 468. The van der Waals surface area contributed by atoms with Crippen LogP contribution in [0, 0.1) is 0 Å². The zero-order chi connectivity index (χ0) is 11.0. The molecule has 1 aliphatic heterocycles. The number of H-pyrrole nitrogens is 1. The highest BCUT2D eigenvalue weighted by Gasteiger charge is 2.42. The molecule has 0 bridgehead atoms. The molecule has 1 saturated heterocycles. The van der Waals surface area contributed by atoms with Gasteiger partial charge >= 0.3 is 0 Å². The van der Waals surface area contributed by atoms with Crippen molar-refractivity contribution in [1.29, 1.82) is 0 Å². The van der Waals surface area contributed by atoms with E-state index in [1.807, 2.05) is 23.8 Å². The quantitative estimate of drug-likeness (QED) is 0.847. The molecule has 84 valence electrons. The Morgan fingerprint density at radius 3 is 3.00 bits per heavy atom. The van der Waals surface area contributed by atoms with Crippen molar-refractivity contribution in [3.05, 3.63) is 28.8 Å². The second-order valence-corrected chi connectivity index (χ2v) is 4.93. The molecule has 0 aromatic carbocycles. The molecule has 0 amide bonds. The molecule has 3 rings (SSSR count). The van der Waals surface area contributed by atoms with E-state index in [0.29, 0.717) is 13.2 Å². The number of hydrogen-bond donors (Lipinski definition) is 2. The number of nitrogens with one attached hydrogen (secondary N) is 1. The van der Waals surface area contributed by atoms with Gasteiger partial charge in [0.2, 0.25) is 0 Å². The van der Waals surface area contributed by atoms with Crippen molar-refractivity contribution in [3.8, 4) is 11.3 Å². The van der Waals surface area contributed by atoms with Crippen molar-refractivity contribution in [3.63, 3.8) is 0 Å². The summed E-state index contributed by atoms with van der Waals surface area (Å²) in [4.78, 5) is 7.58. The zero-order valence-corrected chi connectivity index (χ0v) is 9.46. The Hall–Kier alpha value is -1.17. The molecule has 1 aliphatic rings. The minimum atomic E-state index is -0.251. The van der Waals surface area contributed by atoms with E-state index < -0.39 is 0 Å². The third kappa shape index (κ3) is 1.40. The summed E-state index contributed by atoms with van der Waals surface area (Å²) in [7, 11) is 0. The average molecular weight is 236 g/mol. The molecule has 0 aliphatic carbocycles. The van der Waals surface area contributed by atoms with Crippen molar-refractivity contribution in [1.82, 2.24) is 9.97 Å². The number of nitrogens with zero attached hydrogens (tertiary/aromatic N) is 1. The van der Waals surface area contributed by atoms with Gasteiger partial charge in [-0.2, -0.15) is 0 Å². The van der Waals surface area contributed by atoms with E-state index in [9.17, 15) is 5.11 Å². The molecule has 1 fully saturated rings. The van der Waals surface area contributed by atoms with E-state index >= 15 is 0 Å². The van der Waals surface area contributed by atoms with Gasteiger partial charge in [0.1, 0.15) is 5.01 Å². The van der Waals surface area contributed by atoms with Crippen LogP contribution in [0.4, 0.5) is 0 Å². The molecule has 0 unspecified atom stereocenters. The standard InChI is InChI=1S/C11H12N2O2S/c14-5-11(6-15-7-11)10-13-9(4-16-10)8-1-2-12-3-8/h1-4,12,14H,5-7H2. The maximum atomic E-state index is 9.41. The molecule has 0 atom stereocenters. The summed E-state index contributed by atoms with van der Waals surface area (Å²) < 4.78 is 5.18. The van der Waals surface area contributed by atoms with Crippen LogP contribution in [0.2, 0.25) is 0 Å². The lowest BCUT2D eigenvalue weighted by molar-refractivity contribution is -0.0841. The second-order valence-electron chi connectivity index (χ2n) is 4.07. The fourth-order valence-electron chi connectivity index (χ4n) is 1.76. The summed E-state index contributed by atoms with van der Waals surface area (Å²) in [6, 6.07) is 1.99. The first-order chi connectivity index (χ1) is 7.84. The monoisotopic (exact) mass is 236 g/mol. The minimum absolute atomic E-state index is 0.104. The van der Waals surface area contributed by atoms with E-state index in [1.54, 1.807) is 11.3 Å². The number of thiazole rings is 1. The summed E-state index contributed by atoms with van der Waals surface area (Å²) in [5, 5.41) is 12.4. The molecule has 0 saturated carbocycles. The van der Waals surface area contributed by atoms with Gasteiger partial charge in [-0.15, -0.1) is 11.3 Å². The highest BCUT2D eigenvalue weighted by atomic mass is 32.1. The van der Waals surface area contributed by atoms with Gasteiger partial charge in [0.15, 0.2) is 0 Å². The molecule has 0 spiro atoms. The van der Waals surface area contributed by atoms with Crippen LogP contribution >= 0.6 is 11.3 Å². The molecule has 16 heavy (non-hydrogen) atoms. The van der Waals surface area contributed by atoms with Crippen LogP contribution < -0.4 is 0 Å². The highest BCUT2D eigenvalue weighted by molar-refractivity contribution is 7.10. The van der Waals surface area contributed by atoms with Crippen LogP contribution in [0.1, 0.15) is 5.01 Å². The maximum absolute atomic E-state index is 9.41. The second kappa shape index (κ2) is 3.69. The maximum Gasteiger partial charge on any atom is 0.106 e. The fourth-order valence-corrected chi connectivity index (χ4v) is 2.76. The first-order valence-corrected chi connectivity index (χ1v) is 6.00. The van der Waals surface area contributed by atoms with Crippen molar-refractivity contribution >= 4 is 11.3 Å². The van der Waals surface area contributed by atoms with E-state index in [1.165, 1.54) is 0 Å². The van der Waals surface area contributed by atoms with Gasteiger partial charge in [-0.1, -0.05) is 0 Å². The summed E-state index contributed by atoms with van der Waals surface area (Å²) >= 11 is 1.59. The molecule has 0 radical (unpaired) electrons. The smallest absolute Gasteiger partial charge is 0.106 e. The number of ether oxygens (including phenoxy) is 1. The summed E-state index contributed by atoms with van der Waals surface area (Å²) in [5.74, 6) is 0. The Morgan fingerprint density at radius 1 is 1.56 bits per heavy atom. The van der Waals surface area contributed by atoms with Gasteiger partial charge in [-0.3, -0.25) is 0 Å². The Kier molecular flexibility index (Phi) is 2.31. The highest BCUT2D eigenvalue weighted by Crippen LogP contribution is 2.35. The first-order valence-electron chi connectivity index (χ1n) is 5.12. The lowest BCUT2D eigenvalue weighted by Crippen LogP contribution is -2.49. The first kappa shape index (κ1) is 10.0. The number of aliphatic hydroxyl groups excluding tert-OH is 1. The number of aromatic nitrogens is 2. The van der Waals surface area contributed by atoms with Crippen molar-refractivity contribution in [2.24, 2.45) is 0 Å². The van der Waals surface area contributed by atoms with Crippen molar-refractivity contribution in [2.45, 2.75) is 5.41 Å². The summed E-state index contributed by atoms with van der Waals surface area (Å²) in [6.07, 6.45) is 3.80. The molecule has 3 heterocycles. The number of aromatic amines is 1. The van der Waals surface area contributed by atoms with Crippen LogP contribution in [0.5, 0.6) is 0 Å². The van der Waals surface area contributed by atoms with Crippen LogP contribution in [0.15, 0.2) is 23.8 Å². The van der Waals surface area contributed by atoms with Crippen molar-refractivity contribution < 1.29 is 9.84 Å². The van der Waals surface area contributed by atoms with Gasteiger partial charge in [0.25, 0.3) is 0 Å². The Labute approximate surface area is 96.9 Å². The van der Waals surface area contributed by atoms with E-state index in [-0.39, 0.29) is 12.0 Å². The summed E-state index contributed by atoms with van der Waals surface area (Å²) in [6.45, 7) is 1.25. The van der Waals surface area contributed by atoms with Crippen LogP contribution in [0.3, 0.4) is 0 Å². The van der Waals surface area contributed by atoms with Crippen molar-refractivity contribution in [2.75, 3.05) is 19.8 Å². The minimum Gasteiger partial charge on any atom is -0.395 e. The largest absolute Gasteiger partial charge is 0.395 e. The van der Waals surface area contributed by atoms with Gasteiger partial charge in [0, 0.05) is 23.3 Å².